The fourth-order valence-electron chi connectivity index (χ4n) is 1.71. The molecule has 1 rings (SSSR count). The van der Waals surface area contributed by atoms with Gasteiger partial charge >= 0.3 is 0 Å². The topological polar surface area (TPSA) is 64.3 Å². The van der Waals surface area contributed by atoms with Crippen molar-refractivity contribution in [1.29, 1.82) is 0 Å². The highest BCUT2D eigenvalue weighted by Gasteiger charge is 2.20. The van der Waals surface area contributed by atoms with E-state index in [1.54, 1.807) is 7.11 Å². The third kappa shape index (κ3) is 3.47. The van der Waals surface area contributed by atoms with E-state index in [-0.39, 0.29) is 17.9 Å². The van der Waals surface area contributed by atoms with Gasteiger partial charge in [-0.25, -0.2) is 0 Å². The van der Waals surface area contributed by atoms with Gasteiger partial charge in [-0.05, 0) is 18.9 Å². The molecule has 2 atom stereocenters. The Morgan fingerprint density at radius 3 is 2.44 bits per heavy atom. The lowest BCUT2D eigenvalue weighted by Crippen LogP contribution is -2.44. The number of hydrogen-bond acceptors (Lipinski definition) is 3. The van der Waals surface area contributed by atoms with Gasteiger partial charge in [-0.1, -0.05) is 32.0 Å². The Hall–Kier alpha value is -1.55. The van der Waals surface area contributed by atoms with Crippen molar-refractivity contribution in [3.05, 3.63) is 29.8 Å². The molecule has 100 valence electrons. The van der Waals surface area contributed by atoms with Gasteiger partial charge in [-0.3, -0.25) is 4.79 Å². The first-order valence-corrected chi connectivity index (χ1v) is 6.16. The van der Waals surface area contributed by atoms with Crippen LogP contribution in [0.4, 0.5) is 0 Å². The van der Waals surface area contributed by atoms with Gasteiger partial charge in [0.15, 0.2) is 0 Å². The molecule has 1 amide bonds. The molecule has 3 N–H and O–H groups in total. The summed E-state index contributed by atoms with van der Waals surface area (Å²) in [6, 6.07) is 7.02. The molecule has 1 aromatic rings. The van der Waals surface area contributed by atoms with Gasteiger partial charge in [0.1, 0.15) is 5.75 Å². The third-order valence-corrected chi connectivity index (χ3v) is 2.99. The largest absolute Gasteiger partial charge is 0.496 e. The fraction of sp³-hybridized carbons (Fsp3) is 0.500. The van der Waals surface area contributed by atoms with Crippen molar-refractivity contribution in [2.75, 3.05) is 7.11 Å². The van der Waals surface area contributed by atoms with E-state index in [4.69, 9.17) is 10.5 Å². The van der Waals surface area contributed by atoms with Crippen LogP contribution in [0.25, 0.3) is 0 Å². The molecular formula is C14H22N2O2. The lowest BCUT2D eigenvalue weighted by molar-refractivity contribution is -0.123. The van der Waals surface area contributed by atoms with E-state index in [2.05, 4.69) is 5.32 Å². The first-order chi connectivity index (χ1) is 8.47. The molecule has 0 saturated carbocycles. The van der Waals surface area contributed by atoms with Gasteiger partial charge in [0.2, 0.25) is 5.91 Å². The van der Waals surface area contributed by atoms with Crippen molar-refractivity contribution in [2.24, 2.45) is 11.7 Å². The average molecular weight is 250 g/mol. The SMILES string of the molecule is COc1ccccc1[C@@H](C)NC(=O)[C@@H](N)C(C)C. The smallest absolute Gasteiger partial charge is 0.237 e. The van der Waals surface area contributed by atoms with Crippen molar-refractivity contribution in [1.82, 2.24) is 5.32 Å². The molecule has 0 bridgehead atoms. The highest BCUT2D eigenvalue weighted by molar-refractivity contribution is 5.82. The first-order valence-electron chi connectivity index (χ1n) is 6.16. The van der Waals surface area contributed by atoms with Crippen LogP contribution in [0.3, 0.4) is 0 Å². The number of rotatable bonds is 5. The number of nitrogens with two attached hydrogens (primary N) is 1. The maximum Gasteiger partial charge on any atom is 0.237 e. The fourth-order valence-corrected chi connectivity index (χ4v) is 1.71. The number of ether oxygens (including phenoxy) is 1. The van der Waals surface area contributed by atoms with Gasteiger partial charge in [0.05, 0.1) is 19.2 Å². The summed E-state index contributed by atoms with van der Waals surface area (Å²) in [5, 5.41) is 2.91. The first kappa shape index (κ1) is 14.5. The van der Waals surface area contributed by atoms with Gasteiger partial charge in [0.25, 0.3) is 0 Å². The van der Waals surface area contributed by atoms with E-state index in [1.807, 2.05) is 45.0 Å². The normalized spacial score (nSPS) is 14.1. The van der Waals surface area contributed by atoms with Crippen LogP contribution in [0.2, 0.25) is 0 Å². The van der Waals surface area contributed by atoms with E-state index in [0.29, 0.717) is 0 Å². The Labute approximate surface area is 109 Å². The number of para-hydroxylation sites is 1. The van der Waals surface area contributed by atoms with Crippen LogP contribution >= 0.6 is 0 Å². The standard InChI is InChI=1S/C14H22N2O2/c1-9(2)13(15)14(17)16-10(3)11-7-5-6-8-12(11)18-4/h5-10,13H,15H2,1-4H3,(H,16,17)/t10-,13+/m1/s1. The second kappa shape index (κ2) is 6.40. The Bertz CT molecular complexity index is 405. The van der Waals surface area contributed by atoms with Crippen molar-refractivity contribution >= 4 is 5.91 Å². The minimum atomic E-state index is -0.484. The minimum Gasteiger partial charge on any atom is -0.496 e. The molecule has 0 heterocycles. The number of amides is 1. The van der Waals surface area contributed by atoms with Crippen LogP contribution in [0, 0.1) is 5.92 Å². The Balaban J connectivity index is 2.76. The molecule has 0 saturated heterocycles. The van der Waals surface area contributed by atoms with Crippen LogP contribution in [0.15, 0.2) is 24.3 Å². The lowest BCUT2D eigenvalue weighted by Gasteiger charge is -2.21. The molecule has 0 fully saturated rings. The summed E-state index contributed by atoms with van der Waals surface area (Å²) in [7, 11) is 1.62. The van der Waals surface area contributed by atoms with Crippen molar-refractivity contribution in [3.63, 3.8) is 0 Å². The predicted molar refractivity (Wildman–Crippen MR) is 72.4 cm³/mol. The minimum absolute atomic E-state index is 0.120. The number of benzene rings is 1. The summed E-state index contributed by atoms with van der Waals surface area (Å²) < 4.78 is 5.27. The van der Waals surface area contributed by atoms with E-state index >= 15 is 0 Å². The molecule has 0 aromatic heterocycles. The lowest BCUT2D eigenvalue weighted by atomic mass is 10.0. The van der Waals surface area contributed by atoms with Crippen molar-refractivity contribution in [2.45, 2.75) is 32.9 Å². The zero-order chi connectivity index (χ0) is 13.7. The van der Waals surface area contributed by atoms with Crippen LogP contribution in [0.1, 0.15) is 32.4 Å². The second-order valence-electron chi connectivity index (χ2n) is 4.74. The van der Waals surface area contributed by atoms with E-state index in [9.17, 15) is 4.79 Å². The summed E-state index contributed by atoms with van der Waals surface area (Å²) in [6.45, 7) is 5.78. The molecule has 1 aromatic carbocycles. The molecule has 0 aliphatic rings. The van der Waals surface area contributed by atoms with Gasteiger partial charge in [0, 0.05) is 5.56 Å². The number of methoxy groups -OCH3 is 1. The zero-order valence-electron chi connectivity index (χ0n) is 11.4. The third-order valence-electron chi connectivity index (χ3n) is 2.99. The second-order valence-corrected chi connectivity index (χ2v) is 4.74. The Morgan fingerprint density at radius 1 is 1.28 bits per heavy atom. The molecule has 18 heavy (non-hydrogen) atoms. The van der Waals surface area contributed by atoms with E-state index < -0.39 is 6.04 Å². The molecule has 0 spiro atoms. The maximum absolute atomic E-state index is 11.9. The summed E-state index contributed by atoms with van der Waals surface area (Å²) in [5.41, 5.74) is 6.76. The average Bonchev–Trinajstić information content (AvgIpc) is 2.37. The van der Waals surface area contributed by atoms with Gasteiger partial charge < -0.3 is 15.8 Å². The molecule has 0 radical (unpaired) electrons. The van der Waals surface area contributed by atoms with Crippen molar-refractivity contribution in [3.8, 4) is 5.75 Å². The summed E-state index contributed by atoms with van der Waals surface area (Å²) >= 11 is 0. The van der Waals surface area contributed by atoms with E-state index in [1.165, 1.54) is 0 Å². The number of nitrogens with one attached hydrogen (secondary N) is 1. The number of carbonyl (C=O) groups excluding carboxylic acids is 1. The quantitative estimate of drug-likeness (QED) is 0.838. The number of hydrogen-bond donors (Lipinski definition) is 2. The van der Waals surface area contributed by atoms with Crippen LogP contribution in [-0.4, -0.2) is 19.1 Å². The summed E-state index contributed by atoms with van der Waals surface area (Å²) in [5.74, 6) is 0.752. The van der Waals surface area contributed by atoms with Crippen LogP contribution in [0.5, 0.6) is 5.75 Å². The highest BCUT2D eigenvalue weighted by atomic mass is 16.5. The van der Waals surface area contributed by atoms with Gasteiger partial charge in [-0.2, -0.15) is 0 Å². The maximum atomic E-state index is 11.9. The highest BCUT2D eigenvalue weighted by Crippen LogP contribution is 2.24. The molecule has 4 heteroatoms. The molecule has 0 unspecified atom stereocenters. The Kier molecular flexibility index (Phi) is 5.16. The van der Waals surface area contributed by atoms with Gasteiger partial charge in [-0.15, -0.1) is 0 Å². The summed E-state index contributed by atoms with van der Waals surface area (Å²) in [6.07, 6.45) is 0. The molecule has 0 aliphatic heterocycles. The summed E-state index contributed by atoms with van der Waals surface area (Å²) in [4.78, 5) is 11.9. The Morgan fingerprint density at radius 2 is 1.89 bits per heavy atom. The zero-order valence-corrected chi connectivity index (χ0v) is 11.4. The van der Waals surface area contributed by atoms with Crippen LogP contribution in [-0.2, 0) is 4.79 Å². The molecular weight excluding hydrogens is 228 g/mol. The monoisotopic (exact) mass is 250 g/mol. The predicted octanol–water partition coefficient (Wildman–Crippen LogP) is 1.86. The van der Waals surface area contributed by atoms with E-state index in [0.717, 1.165) is 11.3 Å². The molecule has 4 nitrogen and oxygen atoms in total. The van der Waals surface area contributed by atoms with Crippen molar-refractivity contribution < 1.29 is 9.53 Å². The van der Waals surface area contributed by atoms with Crippen LogP contribution < -0.4 is 15.8 Å². The number of carbonyl (C=O) groups is 1. The molecule has 0 aliphatic carbocycles.